The highest BCUT2D eigenvalue weighted by Crippen LogP contribution is 2.28. The summed E-state index contributed by atoms with van der Waals surface area (Å²) < 4.78 is 18.4. The van der Waals surface area contributed by atoms with E-state index in [1.807, 2.05) is 18.2 Å². The van der Waals surface area contributed by atoms with E-state index >= 15 is 0 Å². The molecule has 0 radical (unpaired) electrons. The van der Waals surface area contributed by atoms with E-state index in [2.05, 4.69) is 20.1 Å². The number of aryl methyl sites for hydroxylation is 1. The summed E-state index contributed by atoms with van der Waals surface area (Å²) >= 11 is 0. The second-order valence-electron chi connectivity index (χ2n) is 7.96. The monoisotopic (exact) mass is 414 g/mol. The van der Waals surface area contributed by atoms with Crippen LogP contribution >= 0.6 is 0 Å². The summed E-state index contributed by atoms with van der Waals surface area (Å²) in [6.45, 7) is 2.42. The number of ether oxygens (including phenoxy) is 3. The highest BCUT2D eigenvalue weighted by molar-refractivity contribution is 5.79. The molecule has 2 aliphatic rings. The van der Waals surface area contributed by atoms with Gasteiger partial charge < -0.3 is 24.1 Å². The molecule has 0 saturated carbocycles. The standard InChI is InChI=1S/C22H30N4O4/c1-28-18-4-5-19(29-2)16(13-18)14-21(27)23-17-3-6-20-24-25-22(26(20)10-7-17)15-8-11-30-12-9-15/h4-5,13,15,17H,3,6-12,14H2,1-2H3,(H,23,27). The van der Waals surface area contributed by atoms with Crippen LogP contribution in [0.5, 0.6) is 11.5 Å². The van der Waals surface area contributed by atoms with Gasteiger partial charge in [-0.05, 0) is 43.9 Å². The van der Waals surface area contributed by atoms with Gasteiger partial charge in [0.2, 0.25) is 5.91 Å². The Kier molecular flexibility index (Phi) is 6.52. The van der Waals surface area contributed by atoms with Gasteiger partial charge in [0.25, 0.3) is 0 Å². The molecule has 0 aliphatic carbocycles. The summed E-state index contributed by atoms with van der Waals surface area (Å²) in [5.74, 6) is 3.94. The number of fused-ring (bicyclic) bond motifs is 1. The number of nitrogens with one attached hydrogen (secondary N) is 1. The van der Waals surface area contributed by atoms with Crippen molar-refractivity contribution in [1.82, 2.24) is 20.1 Å². The Hall–Kier alpha value is -2.61. The van der Waals surface area contributed by atoms with Gasteiger partial charge >= 0.3 is 0 Å². The van der Waals surface area contributed by atoms with Gasteiger partial charge in [0.1, 0.15) is 23.1 Å². The van der Waals surface area contributed by atoms with Crippen LogP contribution in [0.3, 0.4) is 0 Å². The van der Waals surface area contributed by atoms with E-state index in [9.17, 15) is 4.79 Å². The first-order valence-corrected chi connectivity index (χ1v) is 10.7. The van der Waals surface area contributed by atoms with Crippen LogP contribution in [0.2, 0.25) is 0 Å². The summed E-state index contributed by atoms with van der Waals surface area (Å²) in [6.07, 6.45) is 4.83. The molecule has 1 amide bonds. The third-order valence-electron chi connectivity index (χ3n) is 6.06. The molecule has 1 aromatic heterocycles. The van der Waals surface area contributed by atoms with Gasteiger partial charge in [0.05, 0.1) is 20.6 Å². The van der Waals surface area contributed by atoms with Crippen LogP contribution in [0.25, 0.3) is 0 Å². The van der Waals surface area contributed by atoms with Crippen LogP contribution in [0.1, 0.15) is 48.8 Å². The largest absolute Gasteiger partial charge is 0.497 e. The molecular formula is C22H30N4O4. The summed E-state index contributed by atoms with van der Waals surface area (Å²) in [5, 5.41) is 12.1. The molecule has 2 aromatic rings. The molecule has 1 saturated heterocycles. The number of hydrogen-bond acceptors (Lipinski definition) is 6. The quantitative estimate of drug-likeness (QED) is 0.780. The first-order valence-electron chi connectivity index (χ1n) is 10.7. The van der Waals surface area contributed by atoms with Crippen molar-refractivity contribution in [1.29, 1.82) is 0 Å². The number of methoxy groups -OCH3 is 2. The van der Waals surface area contributed by atoms with Gasteiger partial charge in [0.15, 0.2) is 0 Å². The average molecular weight is 415 g/mol. The Morgan fingerprint density at radius 2 is 2.00 bits per heavy atom. The minimum absolute atomic E-state index is 0.00567. The van der Waals surface area contributed by atoms with Crippen molar-refractivity contribution >= 4 is 5.91 Å². The van der Waals surface area contributed by atoms with Gasteiger partial charge in [-0.3, -0.25) is 4.79 Å². The molecule has 1 atom stereocenters. The fourth-order valence-corrected chi connectivity index (χ4v) is 4.38. The SMILES string of the molecule is COc1ccc(OC)c(CC(=O)NC2CCc3nnc(C4CCOCC4)n3CC2)c1. The van der Waals surface area contributed by atoms with Crippen molar-refractivity contribution in [3.8, 4) is 11.5 Å². The molecule has 0 spiro atoms. The lowest BCUT2D eigenvalue weighted by Gasteiger charge is -2.22. The lowest BCUT2D eigenvalue weighted by molar-refractivity contribution is -0.121. The molecule has 1 N–H and O–H groups in total. The number of aromatic nitrogens is 3. The molecule has 1 unspecified atom stereocenters. The van der Waals surface area contributed by atoms with E-state index in [1.165, 1.54) is 0 Å². The molecule has 30 heavy (non-hydrogen) atoms. The Labute approximate surface area is 176 Å². The summed E-state index contributed by atoms with van der Waals surface area (Å²) in [6, 6.07) is 5.64. The van der Waals surface area contributed by atoms with Crippen LogP contribution in [-0.2, 0) is 28.9 Å². The van der Waals surface area contributed by atoms with E-state index in [-0.39, 0.29) is 18.4 Å². The predicted octanol–water partition coefficient (Wildman–Crippen LogP) is 2.25. The van der Waals surface area contributed by atoms with E-state index in [0.717, 1.165) is 69.1 Å². The number of benzene rings is 1. The normalized spacial score (nSPS) is 19.6. The molecule has 162 valence electrons. The molecule has 8 heteroatoms. The summed E-state index contributed by atoms with van der Waals surface area (Å²) in [7, 11) is 3.23. The van der Waals surface area contributed by atoms with Crippen molar-refractivity contribution < 1.29 is 19.0 Å². The van der Waals surface area contributed by atoms with Crippen molar-refractivity contribution in [2.75, 3.05) is 27.4 Å². The van der Waals surface area contributed by atoms with Gasteiger partial charge in [0, 0.05) is 43.7 Å². The third-order valence-corrected chi connectivity index (χ3v) is 6.06. The van der Waals surface area contributed by atoms with E-state index in [0.29, 0.717) is 17.4 Å². The topological polar surface area (TPSA) is 87.5 Å². The van der Waals surface area contributed by atoms with Crippen molar-refractivity contribution in [3.05, 3.63) is 35.4 Å². The van der Waals surface area contributed by atoms with Crippen LogP contribution < -0.4 is 14.8 Å². The number of carbonyl (C=O) groups is 1. The van der Waals surface area contributed by atoms with Crippen LogP contribution in [0.4, 0.5) is 0 Å². The fourth-order valence-electron chi connectivity index (χ4n) is 4.38. The molecule has 3 heterocycles. The van der Waals surface area contributed by atoms with Gasteiger partial charge in [-0.25, -0.2) is 0 Å². The molecule has 0 bridgehead atoms. The van der Waals surface area contributed by atoms with Crippen molar-refractivity contribution in [2.45, 2.75) is 57.0 Å². The lowest BCUT2D eigenvalue weighted by atomic mass is 9.99. The number of rotatable bonds is 6. The second-order valence-corrected chi connectivity index (χ2v) is 7.96. The maximum absolute atomic E-state index is 12.7. The van der Waals surface area contributed by atoms with E-state index in [4.69, 9.17) is 14.2 Å². The number of hydrogen-bond donors (Lipinski definition) is 1. The zero-order chi connectivity index (χ0) is 20.9. The third kappa shape index (κ3) is 4.59. The average Bonchev–Trinajstić information content (AvgIpc) is 3.08. The van der Waals surface area contributed by atoms with E-state index in [1.54, 1.807) is 14.2 Å². The Bertz CT molecular complexity index is 876. The molecule has 1 aromatic carbocycles. The molecule has 2 aliphatic heterocycles. The zero-order valence-electron chi connectivity index (χ0n) is 17.7. The van der Waals surface area contributed by atoms with Gasteiger partial charge in [-0.15, -0.1) is 10.2 Å². The first kappa shape index (κ1) is 20.7. The highest BCUT2D eigenvalue weighted by Gasteiger charge is 2.26. The molecule has 1 fully saturated rings. The van der Waals surface area contributed by atoms with Crippen LogP contribution in [0, 0.1) is 0 Å². The number of amides is 1. The minimum Gasteiger partial charge on any atom is -0.497 e. The number of nitrogens with zero attached hydrogens (tertiary/aromatic N) is 3. The lowest BCUT2D eigenvalue weighted by Crippen LogP contribution is -2.36. The maximum Gasteiger partial charge on any atom is 0.224 e. The van der Waals surface area contributed by atoms with E-state index < -0.39 is 0 Å². The molecular weight excluding hydrogens is 384 g/mol. The van der Waals surface area contributed by atoms with Crippen molar-refractivity contribution in [3.63, 3.8) is 0 Å². The Morgan fingerprint density at radius 1 is 1.17 bits per heavy atom. The Balaban J connectivity index is 1.37. The smallest absolute Gasteiger partial charge is 0.224 e. The highest BCUT2D eigenvalue weighted by atomic mass is 16.5. The van der Waals surface area contributed by atoms with Gasteiger partial charge in [-0.2, -0.15) is 0 Å². The Morgan fingerprint density at radius 3 is 2.77 bits per heavy atom. The van der Waals surface area contributed by atoms with Crippen molar-refractivity contribution in [2.24, 2.45) is 0 Å². The van der Waals surface area contributed by atoms with Crippen LogP contribution in [0.15, 0.2) is 18.2 Å². The maximum atomic E-state index is 12.7. The summed E-state index contributed by atoms with van der Waals surface area (Å²) in [4.78, 5) is 12.7. The van der Waals surface area contributed by atoms with Gasteiger partial charge in [-0.1, -0.05) is 0 Å². The minimum atomic E-state index is -0.00567. The first-order chi connectivity index (χ1) is 14.7. The fraction of sp³-hybridized carbons (Fsp3) is 0.591. The molecule has 8 nitrogen and oxygen atoms in total. The predicted molar refractivity (Wildman–Crippen MR) is 111 cm³/mol. The molecule has 4 rings (SSSR count). The summed E-state index contributed by atoms with van der Waals surface area (Å²) in [5.41, 5.74) is 0.821. The second kappa shape index (κ2) is 9.47. The zero-order valence-corrected chi connectivity index (χ0v) is 17.7. The number of carbonyl (C=O) groups excluding carboxylic acids is 1. The van der Waals surface area contributed by atoms with Crippen LogP contribution in [-0.4, -0.2) is 54.1 Å².